The van der Waals surface area contributed by atoms with Gasteiger partial charge in [-0.25, -0.2) is 4.39 Å². The Balaban J connectivity index is 2.60. The van der Waals surface area contributed by atoms with Gasteiger partial charge in [-0.15, -0.1) is 3.89 Å². The Kier molecular flexibility index (Phi) is 2.75. The first-order valence-corrected chi connectivity index (χ1v) is 6.32. The van der Waals surface area contributed by atoms with Crippen LogP contribution >= 0.6 is 15.9 Å². The van der Waals surface area contributed by atoms with Gasteiger partial charge in [0, 0.05) is 5.56 Å². The van der Waals surface area contributed by atoms with Crippen LogP contribution in [0.2, 0.25) is 0 Å². The fourth-order valence-corrected chi connectivity index (χ4v) is 2.37. The summed E-state index contributed by atoms with van der Waals surface area (Å²) < 4.78 is 52.4. The second-order valence-corrected chi connectivity index (χ2v) is 5.40. The van der Waals surface area contributed by atoms with Gasteiger partial charge in [-0.1, -0.05) is 0 Å². The van der Waals surface area contributed by atoms with Crippen molar-refractivity contribution in [3.05, 3.63) is 32.9 Å². The summed E-state index contributed by atoms with van der Waals surface area (Å²) in [6.07, 6.45) is 1.06. The van der Waals surface area contributed by atoms with Gasteiger partial charge in [-0.3, -0.25) is 0 Å². The van der Waals surface area contributed by atoms with Gasteiger partial charge < -0.3 is 4.74 Å². The lowest BCUT2D eigenvalue weighted by Crippen LogP contribution is -2.12. The first-order chi connectivity index (χ1) is 7.38. The van der Waals surface area contributed by atoms with Crippen molar-refractivity contribution in [3.8, 4) is 5.75 Å². The third kappa shape index (κ3) is 2.10. The summed E-state index contributed by atoms with van der Waals surface area (Å²) in [6, 6.07) is 2.26. The third-order valence-electron chi connectivity index (χ3n) is 2.03. The molecule has 2 rings (SSSR count). The molecule has 0 spiro atoms. The maximum atomic E-state index is 13.0. The molecule has 0 N–H and O–H groups in total. The van der Waals surface area contributed by atoms with E-state index in [0.717, 1.165) is 12.1 Å². The number of benzene rings is 1. The number of ether oxygens (including phenoxy) is 1. The predicted molar refractivity (Wildman–Crippen MR) is 57.6 cm³/mol. The van der Waals surface area contributed by atoms with Gasteiger partial charge in [0.25, 0.3) is 0 Å². The van der Waals surface area contributed by atoms with E-state index in [4.69, 9.17) is 4.74 Å². The van der Waals surface area contributed by atoms with Crippen molar-refractivity contribution in [1.82, 2.24) is 0 Å². The van der Waals surface area contributed by atoms with Crippen LogP contribution in [0.1, 0.15) is 5.56 Å². The Morgan fingerprint density at radius 2 is 2.06 bits per heavy atom. The van der Waals surface area contributed by atoms with E-state index in [1.807, 2.05) is 0 Å². The summed E-state index contributed by atoms with van der Waals surface area (Å²) >= 11 is 3.07. The molecule has 0 atom stereocenters. The Morgan fingerprint density at radius 3 is 2.69 bits per heavy atom. The van der Waals surface area contributed by atoms with Crippen molar-refractivity contribution >= 4 is 32.2 Å². The first kappa shape index (κ1) is 11.5. The molecule has 1 aromatic rings. The Morgan fingerprint density at radius 1 is 1.38 bits per heavy atom. The van der Waals surface area contributed by atoms with Gasteiger partial charge in [-0.05, 0) is 34.1 Å². The zero-order valence-corrected chi connectivity index (χ0v) is 10.1. The monoisotopic (exact) mass is 310 g/mol. The van der Waals surface area contributed by atoms with E-state index in [2.05, 4.69) is 15.9 Å². The van der Waals surface area contributed by atoms with Crippen molar-refractivity contribution in [3.63, 3.8) is 0 Å². The minimum Gasteiger partial charge on any atom is -0.486 e. The van der Waals surface area contributed by atoms with Crippen LogP contribution in [-0.4, -0.2) is 15.0 Å². The smallest absolute Gasteiger partial charge is 0.331 e. The molecule has 0 radical (unpaired) electrons. The van der Waals surface area contributed by atoms with Crippen molar-refractivity contribution in [1.29, 1.82) is 0 Å². The summed E-state index contributed by atoms with van der Waals surface area (Å²) in [7, 11) is -4.80. The number of hydrogen-bond donors (Lipinski definition) is 0. The van der Waals surface area contributed by atoms with Gasteiger partial charge in [0.1, 0.15) is 23.1 Å². The lowest BCUT2D eigenvalue weighted by Gasteiger charge is -2.17. The highest BCUT2D eigenvalue weighted by molar-refractivity contribution is 9.10. The van der Waals surface area contributed by atoms with Crippen LogP contribution in [0.25, 0.3) is 6.08 Å². The molecule has 86 valence electrons. The van der Waals surface area contributed by atoms with E-state index in [0.29, 0.717) is 10.2 Å². The summed E-state index contributed by atoms with van der Waals surface area (Å²) in [5.74, 6) is -0.267. The van der Waals surface area contributed by atoms with E-state index in [1.165, 1.54) is 6.07 Å². The summed E-state index contributed by atoms with van der Waals surface area (Å²) in [5.41, 5.74) is 0.189. The molecule has 1 aliphatic rings. The fourth-order valence-electron chi connectivity index (χ4n) is 1.34. The molecule has 0 saturated heterocycles. The number of rotatable bonds is 1. The highest BCUT2D eigenvalue weighted by Gasteiger charge is 2.23. The zero-order chi connectivity index (χ0) is 11.9. The molecule has 1 aromatic carbocycles. The standard InChI is InChI=1S/C9H5BrF2O3S/c10-8-3-6(11)1-5-2-7(16(12,13)14)4-15-9(5)8/h1-3H,4H2. The number of fused-ring (bicyclic) bond motifs is 1. The lowest BCUT2D eigenvalue weighted by molar-refractivity contribution is 0.349. The molecule has 0 aromatic heterocycles. The van der Waals surface area contributed by atoms with Crippen LogP contribution in [0.5, 0.6) is 5.75 Å². The van der Waals surface area contributed by atoms with E-state index in [9.17, 15) is 16.7 Å². The van der Waals surface area contributed by atoms with Crippen molar-refractivity contribution in [2.45, 2.75) is 0 Å². The molecule has 3 nitrogen and oxygen atoms in total. The molecule has 0 bridgehead atoms. The van der Waals surface area contributed by atoms with Crippen LogP contribution in [0, 0.1) is 5.82 Å². The van der Waals surface area contributed by atoms with Crippen molar-refractivity contribution in [2.75, 3.05) is 6.61 Å². The molecule has 0 fully saturated rings. The second kappa shape index (κ2) is 3.81. The van der Waals surface area contributed by atoms with Crippen molar-refractivity contribution < 1.29 is 21.4 Å². The average molecular weight is 311 g/mol. The largest absolute Gasteiger partial charge is 0.486 e. The highest BCUT2D eigenvalue weighted by atomic mass is 79.9. The van der Waals surface area contributed by atoms with Gasteiger partial charge in [0.2, 0.25) is 0 Å². The SMILES string of the molecule is O=S(=O)(F)C1=Cc2cc(F)cc(Br)c2OC1. The molecular formula is C9H5BrF2O3S. The number of halogens is 3. The van der Waals surface area contributed by atoms with E-state index < -0.39 is 27.6 Å². The second-order valence-electron chi connectivity index (χ2n) is 3.14. The van der Waals surface area contributed by atoms with Gasteiger partial charge in [0.05, 0.1) is 4.47 Å². The normalized spacial score (nSPS) is 15.1. The van der Waals surface area contributed by atoms with E-state index >= 15 is 0 Å². The first-order valence-electron chi connectivity index (χ1n) is 4.15. The van der Waals surface area contributed by atoms with Crippen LogP contribution < -0.4 is 4.74 Å². The maximum absolute atomic E-state index is 13.0. The minimum atomic E-state index is -4.80. The Hall–Kier alpha value is -0.950. The van der Waals surface area contributed by atoms with Gasteiger partial charge in [0.15, 0.2) is 0 Å². The van der Waals surface area contributed by atoms with Gasteiger partial charge >= 0.3 is 10.2 Å². The molecule has 1 aliphatic heterocycles. The maximum Gasteiger partial charge on any atom is 0.331 e. The average Bonchev–Trinajstić information content (AvgIpc) is 2.15. The van der Waals surface area contributed by atoms with Gasteiger partial charge in [-0.2, -0.15) is 8.42 Å². The molecule has 0 saturated carbocycles. The summed E-state index contributed by atoms with van der Waals surface area (Å²) in [6.45, 7) is -0.393. The van der Waals surface area contributed by atoms with Crippen LogP contribution in [0.4, 0.5) is 8.28 Å². The van der Waals surface area contributed by atoms with E-state index in [-0.39, 0.29) is 5.56 Å². The molecule has 0 unspecified atom stereocenters. The van der Waals surface area contributed by atoms with Crippen LogP contribution in [0.15, 0.2) is 21.5 Å². The minimum absolute atomic E-state index is 0.189. The highest BCUT2D eigenvalue weighted by Crippen LogP contribution is 2.35. The van der Waals surface area contributed by atoms with Crippen LogP contribution in [-0.2, 0) is 10.2 Å². The Bertz CT molecular complexity index is 581. The third-order valence-corrected chi connectivity index (χ3v) is 3.48. The number of hydrogen-bond acceptors (Lipinski definition) is 3. The fraction of sp³-hybridized carbons (Fsp3) is 0.111. The summed E-state index contributed by atoms with van der Waals surface area (Å²) in [5, 5.41) is 0. The topological polar surface area (TPSA) is 43.4 Å². The van der Waals surface area contributed by atoms with Crippen LogP contribution in [0.3, 0.4) is 0 Å². The van der Waals surface area contributed by atoms with E-state index in [1.54, 1.807) is 0 Å². The molecule has 0 aliphatic carbocycles. The Labute approximate surface area is 99.1 Å². The molecular weight excluding hydrogens is 306 g/mol. The lowest BCUT2D eigenvalue weighted by atomic mass is 10.1. The molecule has 0 amide bonds. The zero-order valence-electron chi connectivity index (χ0n) is 7.71. The molecule has 16 heavy (non-hydrogen) atoms. The quantitative estimate of drug-likeness (QED) is 0.749. The predicted octanol–water partition coefficient (Wildman–Crippen LogP) is 2.62. The summed E-state index contributed by atoms with van der Waals surface area (Å²) in [4.78, 5) is -0.516. The molecule has 7 heteroatoms. The van der Waals surface area contributed by atoms with Crippen molar-refractivity contribution in [2.24, 2.45) is 0 Å². The molecule has 1 heterocycles.